The van der Waals surface area contributed by atoms with Gasteiger partial charge in [0.2, 0.25) is 0 Å². The minimum absolute atomic E-state index is 0.760. The van der Waals surface area contributed by atoms with E-state index in [4.69, 9.17) is 4.74 Å². The van der Waals surface area contributed by atoms with E-state index in [0.29, 0.717) is 0 Å². The third kappa shape index (κ3) is 12.2. The third-order valence-corrected chi connectivity index (χ3v) is 4.59. The molecule has 0 spiro atoms. The first-order chi connectivity index (χ1) is 10.9. The zero-order valence-corrected chi connectivity index (χ0v) is 15.7. The van der Waals surface area contributed by atoms with Crippen LogP contribution in [-0.4, -0.2) is 11.9 Å². The molecule has 1 rings (SSSR count). The molecule has 0 saturated carbocycles. The molecule has 0 aliphatic heterocycles. The van der Waals surface area contributed by atoms with Gasteiger partial charge in [0.15, 0.2) is 0 Å². The Hall–Kier alpha value is -0.340. The number of hydrogen-bond acceptors (Lipinski definition) is 1. The monoisotopic (exact) mass is 368 g/mol. The number of ether oxygens (including phenoxy) is 1. The van der Waals surface area contributed by atoms with E-state index in [0.717, 1.165) is 13.2 Å². The molecule has 0 fully saturated rings. The van der Waals surface area contributed by atoms with Gasteiger partial charge in [-0.05, 0) is 18.4 Å². The molecule has 0 radical (unpaired) electrons. The van der Waals surface area contributed by atoms with E-state index in [1.807, 2.05) is 6.07 Å². The van der Waals surface area contributed by atoms with Crippen molar-refractivity contribution in [3.8, 4) is 0 Å². The lowest BCUT2D eigenvalue weighted by molar-refractivity contribution is 0.116. The lowest BCUT2D eigenvalue weighted by atomic mass is 10.1. The van der Waals surface area contributed by atoms with Gasteiger partial charge < -0.3 is 4.74 Å². The molecule has 0 unspecified atom stereocenters. The van der Waals surface area contributed by atoms with Crippen molar-refractivity contribution in [3.05, 3.63) is 35.9 Å². The summed E-state index contributed by atoms with van der Waals surface area (Å²) in [5.74, 6) is 0. The predicted octanol–water partition coefficient (Wildman–Crippen LogP) is 6.89. The Kier molecular flexibility index (Phi) is 13.9. The zero-order valence-electron chi connectivity index (χ0n) is 14.1. The van der Waals surface area contributed by atoms with Crippen LogP contribution >= 0.6 is 15.9 Å². The molecule has 22 heavy (non-hydrogen) atoms. The number of benzene rings is 1. The lowest BCUT2D eigenvalue weighted by Gasteiger charge is -2.05. The molecule has 0 N–H and O–H groups in total. The maximum Gasteiger partial charge on any atom is 0.0716 e. The Labute approximate surface area is 146 Å². The van der Waals surface area contributed by atoms with Crippen LogP contribution in [0.15, 0.2) is 30.3 Å². The minimum Gasteiger partial charge on any atom is -0.377 e. The van der Waals surface area contributed by atoms with Crippen LogP contribution in [0.4, 0.5) is 0 Å². The Morgan fingerprint density at radius 3 is 1.68 bits per heavy atom. The standard InChI is InChI=1S/C20H33BrO/c21-17-13-8-6-4-2-1-3-5-7-9-14-18-22-19-20-15-11-10-12-16-20/h10-12,15-16H,1-9,13-14,17-19H2. The molecule has 1 nitrogen and oxygen atoms in total. The molecule has 0 aliphatic rings. The van der Waals surface area contributed by atoms with Crippen molar-refractivity contribution in [2.45, 2.75) is 77.2 Å². The van der Waals surface area contributed by atoms with Crippen molar-refractivity contribution in [2.24, 2.45) is 0 Å². The summed E-state index contributed by atoms with van der Waals surface area (Å²) in [6.45, 7) is 1.67. The summed E-state index contributed by atoms with van der Waals surface area (Å²) in [5.41, 5.74) is 1.28. The number of unbranched alkanes of at least 4 members (excludes halogenated alkanes) is 10. The molecule has 0 aromatic heterocycles. The van der Waals surface area contributed by atoms with Gasteiger partial charge in [0.25, 0.3) is 0 Å². The SMILES string of the molecule is BrCCCCCCCCCCCCCOCc1ccccc1. The third-order valence-electron chi connectivity index (χ3n) is 4.03. The summed E-state index contributed by atoms with van der Waals surface area (Å²) >= 11 is 3.49. The first kappa shape index (κ1) is 19.7. The first-order valence-electron chi connectivity index (χ1n) is 9.11. The van der Waals surface area contributed by atoms with Gasteiger partial charge in [-0.3, -0.25) is 0 Å². The summed E-state index contributed by atoms with van der Waals surface area (Å²) in [4.78, 5) is 0. The van der Waals surface area contributed by atoms with Gasteiger partial charge in [-0.2, -0.15) is 0 Å². The van der Waals surface area contributed by atoms with Gasteiger partial charge in [0.1, 0.15) is 0 Å². The van der Waals surface area contributed by atoms with Crippen LogP contribution in [0, 0.1) is 0 Å². The number of hydrogen-bond donors (Lipinski definition) is 0. The Morgan fingerprint density at radius 1 is 0.636 bits per heavy atom. The molecule has 0 aliphatic carbocycles. The summed E-state index contributed by atoms with van der Waals surface area (Å²) in [7, 11) is 0. The average molecular weight is 369 g/mol. The van der Waals surface area contributed by atoms with Crippen molar-refractivity contribution in [1.29, 1.82) is 0 Å². The highest BCUT2D eigenvalue weighted by atomic mass is 79.9. The second-order valence-corrected chi connectivity index (χ2v) is 6.91. The molecule has 0 heterocycles. The summed E-state index contributed by atoms with van der Waals surface area (Å²) in [5, 5.41) is 1.17. The highest BCUT2D eigenvalue weighted by Crippen LogP contribution is 2.12. The van der Waals surface area contributed by atoms with Crippen LogP contribution in [0.3, 0.4) is 0 Å². The summed E-state index contributed by atoms with van der Waals surface area (Å²) in [6.07, 6.45) is 15.2. The van der Waals surface area contributed by atoms with Gasteiger partial charge in [-0.25, -0.2) is 0 Å². The van der Waals surface area contributed by atoms with Crippen molar-refractivity contribution >= 4 is 15.9 Å². The molecule has 0 saturated heterocycles. The second kappa shape index (κ2) is 15.6. The molecular formula is C20H33BrO. The Morgan fingerprint density at radius 2 is 1.14 bits per heavy atom. The maximum absolute atomic E-state index is 5.71. The molecule has 1 aromatic rings. The lowest BCUT2D eigenvalue weighted by Crippen LogP contribution is -1.95. The quantitative estimate of drug-likeness (QED) is 0.242. The fraction of sp³-hybridized carbons (Fsp3) is 0.700. The average Bonchev–Trinajstić information content (AvgIpc) is 2.56. The van der Waals surface area contributed by atoms with Gasteiger partial charge in [0, 0.05) is 11.9 Å². The van der Waals surface area contributed by atoms with E-state index in [9.17, 15) is 0 Å². The van der Waals surface area contributed by atoms with E-state index < -0.39 is 0 Å². The Bertz CT molecular complexity index is 326. The van der Waals surface area contributed by atoms with Gasteiger partial charge in [-0.15, -0.1) is 0 Å². The van der Waals surface area contributed by atoms with Gasteiger partial charge in [-0.1, -0.05) is 104 Å². The topological polar surface area (TPSA) is 9.23 Å². The molecule has 0 amide bonds. The predicted molar refractivity (Wildman–Crippen MR) is 101 cm³/mol. The van der Waals surface area contributed by atoms with Crippen molar-refractivity contribution < 1.29 is 4.74 Å². The highest BCUT2D eigenvalue weighted by molar-refractivity contribution is 9.09. The van der Waals surface area contributed by atoms with Crippen molar-refractivity contribution in [1.82, 2.24) is 0 Å². The first-order valence-corrected chi connectivity index (χ1v) is 10.2. The maximum atomic E-state index is 5.71. The van der Waals surface area contributed by atoms with Crippen molar-refractivity contribution in [2.75, 3.05) is 11.9 Å². The smallest absolute Gasteiger partial charge is 0.0716 e. The molecule has 1 aromatic carbocycles. The fourth-order valence-corrected chi connectivity index (χ4v) is 3.05. The fourth-order valence-electron chi connectivity index (χ4n) is 2.65. The van der Waals surface area contributed by atoms with Gasteiger partial charge in [0.05, 0.1) is 6.61 Å². The second-order valence-electron chi connectivity index (χ2n) is 6.12. The van der Waals surface area contributed by atoms with Crippen LogP contribution in [0.2, 0.25) is 0 Å². The van der Waals surface area contributed by atoms with Crippen LogP contribution in [0.25, 0.3) is 0 Å². The van der Waals surface area contributed by atoms with Crippen LogP contribution in [-0.2, 0) is 11.3 Å². The Balaban J connectivity index is 1.73. The largest absolute Gasteiger partial charge is 0.377 e. The van der Waals surface area contributed by atoms with Crippen LogP contribution in [0.5, 0.6) is 0 Å². The number of halogens is 1. The highest BCUT2D eigenvalue weighted by Gasteiger charge is 1.95. The van der Waals surface area contributed by atoms with E-state index in [1.54, 1.807) is 0 Å². The normalized spacial score (nSPS) is 11.0. The van der Waals surface area contributed by atoms with E-state index in [2.05, 4.69) is 40.2 Å². The number of rotatable bonds is 15. The van der Waals surface area contributed by atoms with Gasteiger partial charge >= 0.3 is 0 Å². The molecule has 2 heteroatoms. The van der Waals surface area contributed by atoms with E-state index in [-0.39, 0.29) is 0 Å². The van der Waals surface area contributed by atoms with E-state index >= 15 is 0 Å². The van der Waals surface area contributed by atoms with Crippen LogP contribution < -0.4 is 0 Å². The summed E-state index contributed by atoms with van der Waals surface area (Å²) < 4.78 is 5.71. The van der Waals surface area contributed by atoms with Crippen molar-refractivity contribution in [3.63, 3.8) is 0 Å². The van der Waals surface area contributed by atoms with E-state index in [1.165, 1.54) is 81.5 Å². The molecular weight excluding hydrogens is 336 g/mol. The van der Waals surface area contributed by atoms with Crippen LogP contribution in [0.1, 0.15) is 76.2 Å². The number of alkyl halides is 1. The minimum atomic E-state index is 0.760. The molecule has 126 valence electrons. The summed E-state index contributed by atoms with van der Waals surface area (Å²) in [6, 6.07) is 10.4. The molecule has 0 bridgehead atoms. The molecule has 0 atom stereocenters. The zero-order chi connectivity index (χ0) is 15.7.